The van der Waals surface area contributed by atoms with Crippen molar-refractivity contribution >= 4 is 35.7 Å². The predicted molar refractivity (Wildman–Crippen MR) is 52.1 cm³/mol. The van der Waals surface area contributed by atoms with Crippen molar-refractivity contribution in [3.8, 4) is 0 Å². The van der Waals surface area contributed by atoms with E-state index in [2.05, 4.69) is 15.9 Å². The minimum atomic E-state index is -4.95. The average Bonchev–Trinajstić information content (AvgIpc) is 1.97. The Hall–Kier alpha value is -0.340. The van der Waals surface area contributed by atoms with Crippen molar-refractivity contribution in [3.63, 3.8) is 0 Å². The third-order valence-corrected chi connectivity index (χ3v) is 3.54. The Bertz CT molecular complexity index is 526. The molecular formula is C7H2BrClF4O2S. The number of alkyl halides is 3. The van der Waals surface area contributed by atoms with Crippen LogP contribution >= 0.6 is 26.6 Å². The average molecular weight is 342 g/mol. The van der Waals surface area contributed by atoms with Crippen molar-refractivity contribution < 1.29 is 26.0 Å². The zero-order chi connectivity index (χ0) is 12.7. The second kappa shape index (κ2) is 4.15. The van der Waals surface area contributed by atoms with Crippen LogP contribution in [0.2, 0.25) is 0 Å². The van der Waals surface area contributed by atoms with Crippen LogP contribution in [0.4, 0.5) is 17.6 Å². The summed E-state index contributed by atoms with van der Waals surface area (Å²) < 4.78 is 71.3. The molecule has 0 saturated carbocycles. The molecule has 0 aliphatic heterocycles. The summed E-state index contributed by atoms with van der Waals surface area (Å²) in [5.41, 5.74) is -1.52. The van der Waals surface area contributed by atoms with Gasteiger partial charge < -0.3 is 0 Å². The molecule has 0 aliphatic rings. The van der Waals surface area contributed by atoms with Crippen LogP contribution in [-0.2, 0) is 15.2 Å². The first kappa shape index (κ1) is 13.7. The number of hydrogen-bond donors (Lipinski definition) is 0. The number of hydrogen-bond acceptors (Lipinski definition) is 2. The predicted octanol–water partition coefficient (Wildman–Crippen LogP) is 3.53. The minimum Gasteiger partial charge on any atom is -0.207 e. The molecule has 0 unspecified atom stereocenters. The Morgan fingerprint density at radius 3 is 2.12 bits per heavy atom. The van der Waals surface area contributed by atoms with Gasteiger partial charge in [0.15, 0.2) is 0 Å². The molecule has 0 fully saturated rings. The van der Waals surface area contributed by atoms with Gasteiger partial charge in [-0.25, -0.2) is 12.8 Å². The largest absolute Gasteiger partial charge is 0.418 e. The molecule has 0 radical (unpaired) electrons. The highest BCUT2D eigenvalue weighted by Gasteiger charge is 2.39. The molecule has 0 amide bonds. The van der Waals surface area contributed by atoms with Crippen molar-refractivity contribution in [1.29, 1.82) is 0 Å². The van der Waals surface area contributed by atoms with E-state index in [4.69, 9.17) is 10.7 Å². The quantitative estimate of drug-likeness (QED) is 0.578. The lowest BCUT2D eigenvalue weighted by Gasteiger charge is -2.12. The molecule has 16 heavy (non-hydrogen) atoms. The lowest BCUT2D eigenvalue weighted by Crippen LogP contribution is -2.12. The van der Waals surface area contributed by atoms with E-state index in [9.17, 15) is 26.0 Å². The minimum absolute atomic E-state index is 0.218. The van der Waals surface area contributed by atoms with Gasteiger partial charge in [0.25, 0.3) is 9.05 Å². The molecule has 0 N–H and O–H groups in total. The van der Waals surface area contributed by atoms with Gasteiger partial charge in [-0.3, -0.25) is 0 Å². The zero-order valence-corrected chi connectivity index (χ0v) is 10.3. The van der Waals surface area contributed by atoms with E-state index in [1.54, 1.807) is 0 Å². The van der Waals surface area contributed by atoms with Gasteiger partial charge in [-0.05, 0) is 12.1 Å². The molecule has 90 valence electrons. The molecule has 1 rings (SSSR count). The van der Waals surface area contributed by atoms with Crippen molar-refractivity contribution in [2.24, 2.45) is 0 Å². The summed E-state index contributed by atoms with van der Waals surface area (Å²) in [7, 11) is 0.119. The van der Waals surface area contributed by atoms with Crippen molar-refractivity contribution in [1.82, 2.24) is 0 Å². The summed E-state index contributed by atoms with van der Waals surface area (Å²) in [5.74, 6) is -1.14. The van der Waals surface area contributed by atoms with Crippen LogP contribution in [0.25, 0.3) is 0 Å². The van der Waals surface area contributed by atoms with E-state index in [0.717, 1.165) is 0 Å². The molecule has 0 heterocycles. The SMILES string of the molecule is O=S(=O)(Cl)c1cc(F)cc(Br)c1C(F)(F)F. The third-order valence-electron chi connectivity index (χ3n) is 1.56. The van der Waals surface area contributed by atoms with Crippen LogP contribution in [0.3, 0.4) is 0 Å². The maximum atomic E-state index is 12.8. The fourth-order valence-electron chi connectivity index (χ4n) is 1.02. The van der Waals surface area contributed by atoms with Gasteiger partial charge in [-0.1, -0.05) is 15.9 Å². The van der Waals surface area contributed by atoms with Crippen molar-refractivity contribution in [3.05, 3.63) is 28.0 Å². The maximum Gasteiger partial charge on any atom is 0.418 e. The van der Waals surface area contributed by atoms with Crippen molar-refractivity contribution in [2.75, 3.05) is 0 Å². The van der Waals surface area contributed by atoms with Gasteiger partial charge in [0.1, 0.15) is 5.82 Å². The molecule has 0 atom stereocenters. The van der Waals surface area contributed by atoms with Gasteiger partial charge in [-0.2, -0.15) is 13.2 Å². The first-order valence-electron chi connectivity index (χ1n) is 3.54. The highest BCUT2D eigenvalue weighted by atomic mass is 79.9. The van der Waals surface area contributed by atoms with Crippen LogP contribution in [0, 0.1) is 5.82 Å². The Morgan fingerprint density at radius 2 is 1.75 bits per heavy atom. The molecule has 9 heteroatoms. The first-order valence-corrected chi connectivity index (χ1v) is 6.64. The first-order chi connectivity index (χ1) is 7.03. The van der Waals surface area contributed by atoms with Gasteiger partial charge in [0.2, 0.25) is 0 Å². The molecule has 0 spiro atoms. The van der Waals surface area contributed by atoms with Gasteiger partial charge in [0, 0.05) is 15.2 Å². The number of halogens is 6. The van der Waals surface area contributed by atoms with E-state index in [1.165, 1.54) is 0 Å². The monoisotopic (exact) mass is 340 g/mol. The Morgan fingerprint density at radius 1 is 1.25 bits per heavy atom. The second-order valence-electron chi connectivity index (χ2n) is 2.70. The van der Waals surface area contributed by atoms with E-state index in [-0.39, 0.29) is 6.07 Å². The zero-order valence-electron chi connectivity index (χ0n) is 7.15. The van der Waals surface area contributed by atoms with Gasteiger partial charge >= 0.3 is 6.18 Å². The molecule has 1 aromatic rings. The summed E-state index contributed by atoms with van der Waals surface area (Å²) in [6.07, 6.45) is -4.95. The fourth-order valence-corrected chi connectivity index (χ4v) is 2.89. The van der Waals surface area contributed by atoms with E-state index >= 15 is 0 Å². The highest BCUT2D eigenvalue weighted by molar-refractivity contribution is 9.10. The maximum absolute atomic E-state index is 12.8. The smallest absolute Gasteiger partial charge is 0.207 e. The number of rotatable bonds is 1. The van der Waals surface area contributed by atoms with Crippen LogP contribution in [-0.4, -0.2) is 8.42 Å². The van der Waals surface area contributed by atoms with E-state index < -0.39 is 36.0 Å². The molecule has 2 nitrogen and oxygen atoms in total. The summed E-state index contributed by atoms with van der Waals surface area (Å²) >= 11 is 2.44. The molecule has 0 aromatic heterocycles. The number of benzene rings is 1. The normalized spacial score (nSPS) is 12.9. The van der Waals surface area contributed by atoms with Gasteiger partial charge in [-0.15, -0.1) is 0 Å². The Kier molecular flexibility index (Phi) is 3.56. The molecular weight excluding hydrogens is 339 g/mol. The molecule has 0 saturated heterocycles. The lowest BCUT2D eigenvalue weighted by atomic mass is 10.2. The fraction of sp³-hybridized carbons (Fsp3) is 0.143. The third kappa shape index (κ3) is 2.86. The van der Waals surface area contributed by atoms with Crippen molar-refractivity contribution in [2.45, 2.75) is 11.1 Å². The molecule has 0 bridgehead atoms. The lowest BCUT2D eigenvalue weighted by molar-refractivity contribution is -0.140. The van der Waals surface area contributed by atoms with E-state index in [0.29, 0.717) is 6.07 Å². The van der Waals surface area contributed by atoms with Crippen LogP contribution in [0.5, 0.6) is 0 Å². The Balaban J connectivity index is 3.72. The second-order valence-corrected chi connectivity index (χ2v) is 6.09. The highest BCUT2D eigenvalue weighted by Crippen LogP contribution is 2.40. The molecule has 1 aromatic carbocycles. The Labute approximate surface area is 101 Å². The van der Waals surface area contributed by atoms with Crippen LogP contribution in [0.1, 0.15) is 5.56 Å². The summed E-state index contributed by atoms with van der Waals surface area (Å²) in [6.45, 7) is 0. The summed E-state index contributed by atoms with van der Waals surface area (Å²) in [6, 6.07) is 0.726. The standard InChI is InChI=1S/C7H2BrClF4O2S/c8-4-1-3(10)2-5(16(9,14)15)6(4)7(11,12)13/h1-2H. The van der Waals surface area contributed by atoms with Crippen LogP contribution < -0.4 is 0 Å². The molecule has 0 aliphatic carbocycles. The van der Waals surface area contributed by atoms with Crippen LogP contribution in [0.15, 0.2) is 21.5 Å². The van der Waals surface area contributed by atoms with Gasteiger partial charge in [0.05, 0.1) is 10.5 Å². The van der Waals surface area contributed by atoms with E-state index in [1.807, 2.05) is 0 Å². The topological polar surface area (TPSA) is 34.1 Å². The summed E-state index contributed by atoms with van der Waals surface area (Å²) in [5, 5.41) is 0. The summed E-state index contributed by atoms with van der Waals surface area (Å²) in [4.78, 5) is -1.31.